The minimum Gasteiger partial charge on any atom is -0.478 e. The number of rotatable bonds is 4. The van der Waals surface area contributed by atoms with Gasteiger partial charge in [-0.1, -0.05) is 5.21 Å². The predicted molar refractivity (Wildman–Crippen MR) is 91.1 cm³/mol. The van der Waals surface area contributed by atoms with E-state index in [4.69, 9.17) is 4.98 Å². The lowest BCUT2D eigenvalue weighted by atomic mass is 10.2. The zero-order valence-electron chi connectivity index (χ0n) is 14.1. The van der Waals surface area contributed by atoms with Gasteiger partial charge in [-0.2, -0.15) is 0 Å². The van der Waals surface area contributed by atoms with E-state index >= 15 is 0 Å². The number of aromatic nitrogens is 5. The molecule has 1 N–H and O–H groups in total. The molecule has 0 spiro atoms. The van der Waals surface area contributed by atoms with Crippen LogP contribution in [0.2, 0.25) is 0 Å². The van der Waals surface area contributed by atoms with Crippen molar-refractivity contribution in [1.29, 1.82) is 0 Å². The molecule has 0 fully saturated rings. The molecule has 3 aromatic rings. The van der Waals surface area contributed by atoms with Crippen LogP contribution in [0, 0.1) is 0 Å². The van der Waals surface area contributed by atoms with Gasteiger partial charge in [0.25, 0.3) is 0 Å². The van der Waals surface area contributed by atoms with E-state index in [-0.39, 0.29) is 5.56 Å². The van der Waals surface area contributed by atoms with Crippen molar-refractivity contribution in [3.63, 3.8) is 0 Å². The van der Waals surface area contributed by atoms with Gasteiger partial charge in [0.2, 0.25) is 0 Å². The molecule has 0 bridgehead atoms. The molecule has 1 aromatic carbocycles. The fourth-order valence-corrected chi connectivity index (χ4v) is 3.46. The fraction of sp³-hybridized carbons (Fsp3) is 0.412. The van der Waals surface area contributed by atoms with E-state index in [9.17, 15) is 9.90 Å². The highest BCUT2D eigenvalue weighted by atomic mass is 16.4. The molecular formula is C17H20N6O2. The smallest absolute Gasteiger partial charge is 0.335 e. The molecule has 0 amide bonds. The first-order valence-electron chi connectivity index (χ1n) is 8.48. The molecule has 8 nitrogen and oxygen atoms in total. The molecule has 2 aromatic heterocycles. The average Bonchev–Trinajstić information content (AvgIpc) is 3.12. The molecule has 0 saturated carbocycles. The number of aromatic carboxylic acids is 1. The summed E-state index contributed by atoms with van der Waals surface area (Å²) in [6, 6.07) is 5.13. The second kappa shape index (κ2) is 6.29. The quantitative estimate of drug-likeness (QED) is 0.778. The highest BCUT2D eigenvalue weighted by Gasteiger charge is 2.19. The summed E-state index contributed by atoms with van der Waals surface area (Å²) in [5.41, 5.74) is 3.09. The Morgan fingerprint density at radius 1 is 1.32 bits per heavy atom. The normalized spacial score (nSPS) is 15.2. The highest BCUT2D eigenvalue weighted by Crippen LogP contribution is 2.21. The number of hydrogen-bond donors (Lipinski definition) is 1. The highest BCUT2D eigenvalue weighted by molar-refractivity contribution is 5.92. The lowest BCUT2D eigenvalue weighted by Crippen LogP contribution is -2.24. The molecule has 0 atom stereocenters. The molecular weight excluding hydrogens is 320 g/mol. The number of fused-ring (bicyclic) bond motifs is 2. The fourth-order valence-electron chi connectivity index (χ4n) is 3.46. The third-order valence-electron chi connectivity index (χ3n) is 4.68. The Morgan fingerprint density at radius 2 is 2.20 bits per heavy atom. The van der Waals surface area contributed by atoms with Gasteiger partial charge >= 0.3 is 5.97 Å². The minimum absolute atomic E-state index is 0.268. The van der Waals surface area contributed by atoms with Crippen LogP contribution in [0.15, 0.2) is 24.4 Å². The van der Waals surface area contributed by atoms with Crippen LogP contribution in [0.5, 0.6) is 0 Å². The Balaban J connectivity index is 1.65. The van der Waals surface area contributed by atoms with Gasteiger partial charge in [0.15, 0.2) is 0 Å². The second-order valence-corrected chi connectivity index (χ2v) is 6.29. The first kappa shape index (κ1) is 15.8. The molecule has 0 radical (unpaired) electrons. The van der Waals surface area contributed by atoms with Gasteiger partial charge in [0.05, 0.1) is 35.0 Å². The summed E-state index contributed by atoms with van der Waals surface area (Å²) in [4.78, 5) is 18.3. The number of imidazole rings is 1. The topological polar surface area (TPSA) is 89.1 Å². The maximum atomic E-state index is 11.2. The van der Waals surface area contributed by atoms with Crippen molar-refractivity contribution in [2.75, 3.05) is 6.54 Å². The van der Waals surface area contributed by atoms with Crippen LogP contribution in [0.1, 0.15) is 35.2 Å². The molecule has 8 heteroatoms. The van der Waals surface area contributed by atoms with Crippen LogP contribution in [-0.2, 0) is 26.2 Å². The molecule has 4 rings (SSSR count). The maximum absolute atomic E-state index is 11.2. The standard InChI is InChI=1S/C17H20N6O2/c1-2-22-15-5-4-12(17(24)25)8-14(15)19-16(22)11-21-6-3-7-23-13(10-21)9-18-20-23/h4-5,8-9H,2-3,6-7,10-11H2,1H3,(H,24,25). The number of carboxylic acids is 1. The lowest BCUT2D eigenvalue weighted by molar-refractivity contribution is 0.0697. The monoisotopic (exact) mass is 340 g/mol. The summed E-state index contributed by atoms with van der Waals surface area (Å²) < 4.78 is 4.11. The number of nitrogens with zero attached hydrogens (tertiary/aromatic N) is 6. The summed E-state index contributed by atoms with van der Waals surface area (Å²) >= 11 is 0. The van der Waals surface area contributed by atoms with Gasteiger partial charge in [-0.05, 0) is 31.5 Å². The van der Waals surface area contributed by atoms with Crippen LogP contribution >= 0.6 is 0 Å². The third-order valence-corrected chi connectivity index (χ3v) is 4.68. The van der Waals surface area contributed by atoms with Crippen LogP contribution in [0.25, 0.3) is 11.0 Å². The van der Waals surface area contributed by atoms with E-state index < -0.39 is 5.97 Å². The molecule has 0 unspecified atom stereocenters. The zero-order chi connectivity index (χ0) is 17.4. The molecule has 3 heterocycles. The van der Waals surface area contributed by atoms with E-state index in [2.05, 4.69) is 26.7 Å². The SMILES string of the molecule is CCn1c(CN2CCCn3nncc3C2)nc2cc(C(=O)O)ccc21. The van der Waals surface area contributed by atoms with Crippen molar-refractivity contribution < 1.29 is 9.90 Å². The van der Waals surface area contributed by atoms with Crippen LogP contribution in [-0.4, -0.2) is 47.1 Å². The van der Waals surface area contributed by atoms with Crippen molar-refractivity contribution in [3.05, 3.63) is 41.5 Å². The molecule has 0 saturated heterocycles. The summed E-state index contributed by atoms with van der Waals surface area (Å²) in [7, 11) is 0. The molecule has 0 aliphatic carbocycles. The number of carboxylic acid groups (broad SMARTS) is 1. The Hall–Kier alpha value is -2.74. The summed E-state index contributed by atoms with van der Waals surface area (Å²) in [6.07, 6.45) is 2.84. The molecule has 1 aliphatic heterocycles. The van der Waals surface area contributed by atoms with Crippen molar-refractivity contribution >= 4 is 17.0 Å². The summed E-state index contributed by atoms with van der Waals surface area (Å²) in [6.45, 7) is 6.24. The average molecular weight is 340 g/mol. The molecule has 130 valence electrons. The number of hydrogen-bond acceptors (Lipinski definition) is 5. The second-order valence-electron chi connectivity index (χ2n) is 6.29. The largest absolute Gasteiger partial charge is 0.478 e. The number of benzene rings is 1. The minimum atomic E-state index is -0.928. The van der Waals surface area contributed by atoms with Crippen molar-refractivity contribution in [3.8, 4) is 0 Å². The summed E-state index contributed by atoms with van der Waals surface area (Å²) in [5.74, 6) is 0.0312. The first-order chi connectivity index (χ1) is 12.2. The number of aryl methyl sites for hydroxylation is 2. The zero-order valence-corrected chi connectivity index (χ0v) is 14.1. The first-order valence-corrected chi connectivity index (χ1v) is 8.48. The van der Waals surface area contributed by atoms with E-state index in [1.165, 1.54) is 0 Å². The van der Waals surface area contributed by atoms with Gasteiger partial charge in [0, 0.05) is 26.2 Å². The van der Waals surface area contributed by atoms with Crippen LogP contribution in [0.3, 0.4) is 0 Å². The van der Waals surface area contributed by atoms with E-state index in [0.717, 1.165) is 61.7 Å². The van der Waals surface area contributed by atoms with Gasteiger partial charge < -0.3 is 9.67 Å². The Labute approximate surface area is 144 Å². The maximum Gasteiger partial charge on any atom is 0.335 e. The van der Waals surface area contributed by atoms with E-state index in [0.29, 0.717) is 0 Å². The summed E-state index contributed by atoms with van der Waals surface area (Å²) in [5, 5.41) is 17.3. The van der Waals surface area contributed by atoms with Gasteiger partial charge in [-0.15, -0.1) is 5.10 Å². The van der Waals surface area contributed by atoms with Crippen LogP contribution in [0.4, 0.5) is 0 Å². The van der Waals surface area contributed by atoms with Gasteiger partial charge in [-0.25, -0.2) is 14.5 Å². The third kappa shape index (κ3) is 2.89. The molecule has 25 heavy (non-hydrogen) atoms. The van der Waals surface area contributed by atoms with Crippen LogP contribution < -0.4 is 0 Å². The number of carbonyl (C=O) groups is 1. The van der Waals surface area contributed by atoms with Crippen molar-refractivity contribution in [1.82, 2.24) is 29.4 Å². The van der Waals surface area contributed by atoms with Gasteiger partial charge in [-0.3, -0.25) is 4.90 Å². The van der Waals surface area contributed by atoms with Gasteiger partial charge in [0.1, 0.15) is 5.82 Å². The van der Waals surface area contributed by atoms with E-state index in [1.54, 1.807) is 12.1 Å². The van der Waals surface area contributed by atoms with Crippen molar-refractivity contribution in [2.45, 2.75) is 39.5 Å². The Kier molecular flexibility index (Phi) is 3.96. The predicted octanol–water partition coefficient (Wildman–Crippen LogP) is 1.75. The van der Waals surface area contributed by atoms with Crippen molar-refractivity contribution in [2.24, 2.45) is 0 Å². The Bertz CT molecular complexity index is 929. The Morgan fingerprint density at radius 3 is 3.00 bits per heavy atom. The lowest BCUT2D eigenvalue weighted by Gasteiger charge is -2.19. The molecule has 1 aliphatic rings. The van der Waals surface area contributed by atoms with E-state index in [1.807, 2.05) is 16.9 Å².